The number of carboxylic acid groups (broad SMARTS) is 1. The second-order valence-corrected chi connectivity index (χ2v) is 4.82. The number of hydrogen-bond donors (Lipinski definition) is 1. The third-order valence-corrected chi connectivity index (χ3v) is 3.49. The van der Waals surface area contributed by atoms with Gasteiger partial charge in [-0.2, -0.15) is 0 Å². The smallest absolute Gasteiger partial charge is 0.328 e. The van der Waals surface area contributed by atoms with Crippen LogP contribution < -0.4 is 0 Å². The molecule has 0 aliphatic carbocycles. The van der Waals surface area contributed by atoms with E-state index >= 15 is 0 Å². The maximum Gasteiger partial charge on any atom is 0.328 e. The summed E-state index contributed by atoms with van der Waals surface area (Å²) in [5.74, 6) is -0.735. The van der Waals surface area contributed by atoms with Gasteiger partial charge in [0.15, 0.2) is 11.7 Å². The predicted molar refractivity (Wildman–Crippen MR) is 71.0 cm³/mol. The molecule has 1 fully saturated rings. The molecule has 2 aromatic heterocycles. The Balaban J connectivity index is 1.94. The molecule has 3 rings (SSSR count). The molecule has 1 unspecified atom stereocenters. The number of aromatic nitrogens is 3. The van der Waals surface area contributed by atoms with E-state index in [2.05, 4.69) is 10.2 Å². The van der Waals surface area contributed by atoms with Crippen molar-refractivity contribution in [3.8, 4) is 0 Å². The number of ether oxygens (including phenoxy) is 1. The standard InChI is InChI=1S/C13H14N4O4/c1-8-14-15-11-3-2-9(6-17(8)11)12(18)16-4-5-21-7-10(16)13(19)20/h2-3,6,10H,4-5,7H2,1H3,(H,19,20). The van der Waals surface area contributed by atoms with Gasteiger partial charge in [0.05, 0.1) is 18.8 Å². The summed E-state index contributed by atoms with van der Waals surface area (Å²) in [6.45, 7) is 2.39. The molecule has 1 saturated heterocycles. The molecule has 110 valence electrons. The SMILES string of the molecule is Cc1nnc2ccc(C(=O)N3CCOCC3C(=O)O)cn12. The largest absolute Gasteiger partial charge is 0.480 e. The van der Waals surface area contributed by atoms with Crippen molar-refractivity contribution in [2.45, 2.75) is 13.0 Å². The minimum Gasteiger partial charge on any atom is -0.480 e. The first-order chi connectivity index (χ1) is 10.1. The number of pyridine rings is 1. The summed E-state index contributed by atoms with van der Waals surface area (Å²) >= 11 is 0. The number of carbonyl (C=O) groups is 2. The van der Waals surface area contributed by atoms with E-state index in [-0.39, 0.29) is 19.1 Å². The third-order valence-electron chi connectivity index (χ3n) is 3.49. The van der Waals surface area contributed by atoms with Crippen molar-refractivity contribution in [2.75, 3.05) is 19.8 Å². The number of hydrogen-bond acceptors (Lipinski definition) is 5. The molecular weight excluding hydrogens is 276 g/mol. The lowest BCUT2D eigenvalue weighted by Crippen LogP contribution is -2.52. The van der Waals surface area contributed by atoms with Crippen LogP contribution in [0.25, 0.3) is 5.65 Å². The summed E-state index contributed by atoms with van der Waals surface area (Å²) in [7, 11) is 0. The third kappa shape index (κ3) is 2.33. The first-order valence-corrected chi connectivity index (χ1v) is 6.51. The number of carboxylic acids is 1. The lowest BCUT2D eigenvalue weighted by molar-refractivity contribution is -0.147. The Morgan fingerprint density at radius 1 is 1.38 bits per heavy atom. The lowest BCUT2D eigenvalue weighted by atomic mass is 10.1. The van der Waals surface area contributed by atoms with Crippen LogP contribution in [-0.2, 0) is 9.53 Å². The lowest BCUT2D eigenvalue weighted by Gasteiger charge is -2.32. The van der Waals surface area contributed by atoms with Crippen molar-refractivity contribution >= 4 is 17.5 Å². The van der Waals surface area contributed by atoms with E-state index in [0.29, 0.717) is 23.6 Å². The number of rotatable bonds is 2. The molecule has 1 amide bonds. The average molecular weight is 290 g/mol. The van der Waals surface area contributed by atoms with E-state index in [0.717, 1.165) is 0 Å². The number of carbonyl (C=O) groups excluding carboxylic acids is 1. The average Bonchev–Trinajstić information content (AvgIpc) is 2.87. The van der Waals surface area contributed by atoms with E-state index in [1.807, 2.05) is 0 Å². The summed E-state index contributed by atoms with van der Waals surface area (Å²) in [5.41, 5.74) is 1.04. The molecule has 1 aliphatic heterocycles. The summed E-state index contributed by atoms with van der Waals surface area (Å²) < 4.78 is 6.83. The van der Waals surface area contributed by atoms with Crippen LogP contribution in [0.3, 0.4) is 0 Å². The van der Waals surface area contributed by atoms with Crippen molar-refractivity contribution in [3.63, 3.8) is 0 Å². The highest BCUT2D eigenvalue weighted by Gasteiger charge is 2.33. The van der Waals surface area contributed by atoms with Crippen molar-refractivity contribution < 1.29 is 19.4 Å². The molecule has 3 heterocycles. The van der Waals surface area contributed by atoms with Crippen LogP contribution >= 0.6 is 0 Å². The number of morpholine rings is 1. The van der Waals surface area contributed by atoms with Crippen molar-refractivity contribution in [1.82, 2.24) is 19.5 Å². The summed E-state index contributed by atoms with van der Waals surface area (Å²) in [6.07, 6.45) is 1.63. The van der Waals surface area contributed by atoms with Crippen LogP contribution in [0.5, 0.6) is 0 Å². The molecule has 0 saturated carbocycles. The zero-order chi connectivity index (χ0) is 15.0. The van der Waals surface area contributed by atoms with Crippen molar-refractivity contribution in [1.29, 1.82) is 0 Å². The van der Waals surface area contributed by atoms with Gasteiger partial charge < -0.3 is 14.7 Å². The Morgan fingerprint density at radius 3 is 2.95 bits per heavy atom. The molecule has 8 heteroatoms. The van der Waals surface area contributed by atoms with Gasteiger partial charge in [-0.3, -0.25) is 9.20 Å². The fourth-order valence-electron chi connectivity index (χ4n) is 2.35. The Kier molecular flexibility index (Phi) is 3.30. The van der Waals surface area contributed by atoms with Crippen LogP contribution in [0.15, 0.2) is 18.3 Å². The second-order valence-electron chi connectivity index (χ2n) is 4.82. The maximum atomic E-state index is 12.5. The van der Waals surface area contributed by atoms with E-state index < -0.39 is 12.0 Å². The predicted octanol–water partition coefficient (Wildman–Crippen LogP) is -0.0367. The minimum absolute atomic E-state index is 0.00891. The zero-order valence-electron chi connectivity index (χ0n) is 11.4. The molecule has 0 spiro atoms. The number of amides is 1. The van der Waals surface area contributed by atoms with E-state index in [1.165, 1.54) is 4.90 Å². The normalized spacial score (nSPS) is 18.9. The van der Waals surface area contributed by atoms with Crippen LogP contribution in [0, 0.1) is 6.92 Å². The zero-order valence-corrected chi connectivity index (χ0v) is 11.4. The van der Waals surface area contributed by atoms with Crippen LogP contribution in [0.1, 0.15) is 16.2 Å². The molecule has 0 bridgehead atoms. The highest BCUT2D eigenvalue weighted by Crippen LogP contribution is 2.14. The Bertz CT molecular complexity index is 711. The highest BCUT2D eigenvalue weighted by atomic mass is 16.5. The van der Waals surface area contributed by atoms with E-state index in [1.54, 1.807) is 29.7 Å². The van der Waals surface area contributed by atoms with Gasteiger partial charge in [-0.05, 0) is 19.1 Å². The number of aliphatic carboxylic acids is 1. The summed E-state index contributed by atoms with van der Waals surface area (Å²) in [4.78, 5) is 25.1. The minimum atomic E-state index is -1.07. The van der Waals surface area contributed by atoms with Gasteiger partial charge in [-0.25, -0.2) is 4.79 Å². The molecule has 1 N–H and O–H groups in total. The van der Waals surface area contributed by atoms with Gasteiger partial charge in [0, 0.05) is 12.7 Å². The summed E-state index contributed by atoms with van der Waals surface area (Å²) in [6, 6.07) is 2.35. The fraction of sp³-hybridized carbons (Fsp3) is 0.385. The summed E-state index contributed by atoms with van der Waals surface area (Å²) in [5, 5.41) is 17.1. The quantitative estimate of drug-likeness (QED) is 0.833. The number of fused-ring (bicyclic) bond motifs is 1. The Labute approximate surface area is 119 Å². The Morgan fingerprint density at radius 2 is 2.19 bits per heavy atom. The fourth-order valence-corrected chi connectivity index (χ4v) is 2.35. The molecule has 0 aromatic carbocycles. The first kappa shape index (κ1) is 13.5. The first-order valence-electron chi connectivity index (χ1n) is 6.51. The molecule has 8 nitrogen and oxygen atoms in total. The van der Waals surface area contributed by atoms with Gasteiger partial charge >= 0.3 is 5.97 Å². The van der Waals surface area contributed by atoms with Gasteiger partial charge in [0.1, 0.15) is 5.82 Å². The van der Waals surface area contributed by atoms with Gasteiger partial charge in [0.25, 0.3) is 5.91 Å². The van der Waals surface area contributed by atoms with Gasteiger partial charge in [-0.15, -0.1) is 10.2 Å². The van der Waals surface area contributed by atoms with Crippen LogP contribution in [0.4, 0.5) is 0 Å². The molecule has 1 atom stereocenters. The van der Waals surface area contributed by atoms with Gasteiger partial charge in [0.2, 0.25) is 0 Å². The number of aryl methyl sites for hydroxylation is 1. The molecule has 21 heavy (non-hydrogen) atoms. The van der Waals surface area contributed by atoms with Crippen LogP contribution in [-0.4, -0.2) is 62.3 Å². The Hall–Kier alpha value is -2.48. The van der Waals surface area contributed by atoms with E-state index in [9.17, 15) is 14.7 Å². The topological polar surface area (TPSA) is 97.0 Å². The highest BCUT2D eigenvalue weighted by molar-refractivity contribution is 5.96. The maximum absolute atomic E-state index is 12.5. The second kappa shape index (κ2) is 5.13. The molecule has 0 radical (unpaired) electrons. The monoisotopic (exact) mass is 290 g/mol. The van der Waals surface area contributed by atoms with Crippen molar-refractivity contribution in [3.05, 3.63) is 29.7 Å². The van der Waals surface area contributed by atoms with Crippen molar-refractivity contribution in [2.24, 2.45) is 0 Å². The molecule has 1 aliphatic rings. The van der Waals surface area contributed by atoms with Gasteiger partial charge in [-0.1, -0.05) is 0 Å². The molecular formula is C13H14N4O4. The molecule has 2 aromatic rings. The van der Waals surface area contributed by atoms with E-state index in [4.69, 9.17) is 4.74 Å². The number of nitrogens with zero attached hydrogens (tertiary/aromatic N) is 4. The van der Waals surface area contributed by atoms with Crippen LogP contribution in [0.2, 0.25) is 0 Å².